The van der Waals surface area contributed by atoms with Gasteiger partial charge in [0.1, 0.15) is 34.3 Å². The number of alkyl halides is 6. The summed E-state index contributed by atoms with van der Waals surface area (Å²) in [7, 11) is 0. The molecule has 0 heterocycles. The van der Waals surface area contributed by atoms with Crippen LogP contribution in [-0.4, -0.2) is 10.2 Å². The normalized spacial score (nSPS) is 12.5. The maximum atomic E-state index is 13.6. The predicted octanol–water partition coefficient (Wildman–Crippen LogP) is 5.08. The second-order valence-electron chi connectivity index (χ2n) is 4.63. The largest absolute Gasteiger partial charge is 0.507 e. The number of benzene rings is 2. The molecule has 0 radical (unpaired) electrons. The Morgan fingerprint density at radius 3 is 1.12 bits per heavy atom. The Balaban J connectivity index is 3.04. The van der Waals surface area contributed by atoms with Gasteiger partial charge in [0.15, 0.2) is 0 Å². The minimum absolute atomic E-state index is 0.186. The molecule has 0 atom stereocenters. The molecule has 0 saturated carbocycles. The molecule has 24 heavy (non-hydrogen) atoms. The molecule has 2 nitrogen and oxygen atoms in total. The van der Waals surface area contributed by atoms with Crippen molar-refractivity contribution in [3.8, 4) is 22.6 Å². The Bertz CT molecular complexity index is 725. The Morgan fingerprint density at radius 2 is 0.875 bits per heavy atom. The third-order valence-electron chi connectivity index (χ3n) is 3.08. The first-order valence-corrected chi connectivity index (χ1v) is 6.03. The lowest BCUT2D eigenvalue weighted by Gasteiger charge is -2.20. The highest BCUT2D eigenvalue weighted by Crippen LogP contribution is 2.50. The molecule has 0 unspecified atom stereocenters. The highest BCUT2D eigenvalue weighted by Gasteiger charge is 2.44. The summed E-state index contributed by atoms with van der Waals surface area (Å²) in [6.45, 7) is 0. The molecular weight excluding hydrogens is 352 g/mol. The summed E-state index contributed by atoms with van der Waals surface area (Å²) in [6.07, 6.45) is -11.0. The first-order valence-electron chi connectivity index (χ1n) is 6.03. The molecule has 2 aromatic rings. The van der Waals surface area contributed by atoms with E-state index in [1.807, 2.05) is 0 Å². The molecule has 10 heteroatoms. The fraction of sp³-hybridized carbons (Fsp3) is 0.143. The van der Waals surface area contributed by atoms with Crippen molar-refractivity contribution in [2.45, 2.75) is 12.4 Å². The average molecular weight is 358 g/mol. The van der Waals surface area contributed by atoms with E-state index in [2.05, 4.69) is 0 Å². The van der Waals surface area contributed by atoms with Crippen molar-refractivity contribution in [2.75, 3.05) is 0 Å². The van der Waals surface area contributed by atoms with E-state index >= 15 is 0 Å². The Kier molecular flexibility index (Phi) is 4.11. The van der Waals surface area contributed by atoms with E-state index in [9.17, 15) is 45.3 Å². The fourth-order valence-electron chi connectivity index (χ4n) is 2.19. The fourth-order valence-corrected chi connectivity index (χ4v) is 2.19. The van der Waals surface area contributed by atoms with E-state index in [0.717, 1.165) is 0 Å². The summed E-state index contributed by atoms with van der Waals surface area (Å²) in [5.41, 5.74) is -7.92. The summed E-state index contributed by atoms with van der Waals surface area (Å²) in [5.74, 6) is -6.80. The number of phenols is 2. The summed E-state index contributed by atoms with van der Waals surface area (Å²) in [5, 5.41) is 19.1. The van der Waals surface area contributed by atoms with Crippen LogP contribution in [0.3, 0.4) is 0 Å². The summed E-state index contributed by atoms with van der Waals surface area (Å²) >= 11 is 0. The lowest BCUT2D eigenvalue weighted by molar-refractivity contribution is -0.142. The molecule has 2 N–H and O–H groups in total. The van der Waals surface area contributed by atoms with Crippen LogP contribution in [0.15, 0.2) is 24.3 Å². The highest BCUT2D eigenvalue weighted by molar-refractivity contribution is 5.82. The van der Waals surface area contributed by atoms with E-state index < -0.39 is 57.7 Å². The highest BCUT2D eigenvalue weighted by atomic mass is 19.4. The molecule has 2 rings (SSSR count). The molecular formula is C14H6F8O2. The Labute approximate surface area is 128 Å². The molecule has 2 aromatic carbocycles. The quantitative estimate of drug-likeness (QED) is 0.698. The smallest absolute Gasteiger partial charge is 0.419 e. The Morgan fingerprint density at radius 1 is 0.583 bits per heavy atom. The lowest BCUT2D eigenvalue weighted by atomic mass is 9.92. The van der Waals surface area contributed by atoms with Crippen molar-refractivity contribution in [3.05, 3.63) is 47.0 Å². The average Bonchev–Trinajstić information content (AvgIpc) is 2.41. The molecule has 0 spiro atoms. The molecule has 0 aliphatic heterocycles. The summed E-state index contributed by atoms with van der Waals surface area (Å²) < 4.78 is 105. The number of rotatable bonds is 1. The van der Waals surface area contributed by atoms with Crippen LogP contribution in [-0.2, 0) is 12.4 Å². The van der Waals surface area contributed by atoms with Gasteiger partial charge in [-0.2, -0.15) is 26.3 Å². The van der Waals surface area contributed by atoms with E-state index in [0.29, 0.717) is 12.1 Å². The minimum atomic E-state index is -5.51. The molecule has 0 saturated heterocycles. The standard InChI is InChI=1S/C14H6F8O2/c15-5-1-3-7(23)9(11(5)13(17,18)19)10-8(24)4-2-6(16)12(10)14(20,21)22/h1-4,23-24H. The maximum Gasteiger partial charge on any atom is 0.419 e. The van der Waals surface area contributed by atoms with Crippen LogP contribution in [0.1, 0.15) is 11.1 Å². The second-order valence-corrected chi connectivity index (χ2v) is 4.63. The van der Waals surface area contributed by atoms with Crippen molar-refractivity contribution in [1.29, 1.82) is 0 Å². The number of halogens is 8. The van der Waals surface area contributed by atoms with Gasteiger partial charge in [-0.1, -0.05) is 0 Å². The van der Waals surface area contributed by atoms with Crippen LogP contribution >= 0.6 is 0 Å². The molecule has 0 aromatic heterocycles. The van der Waals surface area contributed by atoms with Crippen molar-refractivity contribution in [1.82, 2.24) is 0 Å². The van der Waals surface area contributed by atoms with Gasteiger partial charge < -0.3 is 10.2 Å². The first kappa shape index (κ1) is 17.8. The zero-order chi connectivity index (χ0) is 18.4. The summed E-state index contributed by atoms with van der Waals surface area (Å²) in [6, 6.07) is 1.10. The van der Waals surface area contributed by atoms with Crippen LogP contribution in [0.2, 0.25) is 0 Å². The van der Waals surface area contributed by atoms with Crippen LogP contribution < -0.4 is 0 Å². The van der Waals surface area contributed by atoms with Gasteiger partial charge in [-0.25, -0.2) is 8.78 Å². The maximum absolute atomic E-state index is 13.6. The molecule has 0 amide bonds. The van der Waals surface area contributed by atoms with Gasteiger partial charge in [-0.15, -0.1) is 0 Å². The van der Waals surface area contributed by atoms with Gasteiger partial charge in [-0.3, -0.25) is 0 Å². The zero-order valence-corrected chi connectivity index (χ0v) is 11.2. The molecule has 130 valence electrons. The minimum Gasteiger partial charge on any atom is -0.507 e. The SMILES string of the molecule is Oc1ccc(F)c(C(F)(F)F)c1-c1c(O)ccc(F)c1C(F)(F)F. The van der Waals surface area contributed by atoms with Crippen molar-refractivity contribution in [2.24, 2.45) is 0 Å². The molecule has 0 aliphatic rings. The van der Waals surface area contributed by atoms with Gasteiger partial charge in [-0.05, 0) is 24.3 Å². The lowest BCUT2D eigenvalue weighted by Crippen LogP contribution is -2.15. The van der Waals surface area contributed by atoms with E-state index in [1.54, 1.807) is 0 Å². The van der Waals surface area contributed by atoms with Gasteiger partial charge in [0, 0.05) is 11.1 Å². The van der Waals surface area contributed by atoms with Crippen LogP contribution in [0.25, 0.3) is 11.1 Å². The van der Waals surface area contributed by atoms with Crippen LogP contribution in [0.4, 0.5) is 35.1 Å². The first-order chi connectivity index (χ1) is 10.9. The van der Waals surface area contributed by atoms with E-state index in [1.165, 1.54) is 0 Å². The van der Waals surface area contributed by atoms with E-state index in [-0.39, 0.29) is 12.1 Å². The number of hydrogen-bond acceptors (Lipinski definition) is 2. The monoisotopic (exact) mass is 358 g/mol. The molecule has 0 bridgehead atoms. The number of phenolic OH excluding ortho intramolecular Hbond substituents is 2. The molecule has 0 fully saturated rings. The van der Waals surface area contributed by atoms with Gasteiger partial charge in [0.25, 0.3) is 0 Å². The third kappa shape index (κ3) is 2.95. The van der Waals surface area contributed by atoms with Crippen LogP contribution in [0.5, 0.6) is 11.5 Å². The van der Waals surface area contributed by atoms with Crippen molar-refractivity contribution >= 4 is 0 Å². The number of aromatic hydroxyl groups is 2. The van der Waals surface area contributed by atoms with Crippen molar-refractivity contribution < 1.29 is 45.3 Å². The van der Waals surface area contributed by atoms with Crippen molar-refractivity contribution in [3.63, 3.8) is 0 Å². The van der Waals surface area contributed by atoms with E-state index in [4.69, 9.17) is 0 Å². The van der Waals surface area contributed by atoms with Crippen LogP contribution in [0, 0.1) is 11.6 Å². The second kappa shape index (κ2) is 5.53. The van der Waals surface area contributed by atoms with Gasteiger partial charge >= 0.3 is 12.4 Å². The number of hydrogen-bond donors (Lipinski definition) is 2. The predicted molar refractivity (Wildman–Crippen MR) is 65.1 cm³/mol. The summed E-state index contributed by atoms with van der Waals surface area (Å²) in [4.78, 5) is 0. The third-order valence-corrected chi connectivity index (χ3v) is 3.08. The molecule has 0 aliphatic carbocycles. The Hall–Kier alpha value is -2.52. The van der Waals surface area contributed by atoms with Gasteiger partial charge in [0.2, 0.25) is 0 Å². The topological polar surface area (TPSA) is 40.5 Å². The zero-order valence-electron chi connectivity index (χ0n) is 11.2. The van der Waals surface area contributed by atoms with Gasteiger partial charge in [0.05, 0.1) is 0 Å².